The molecule has 1 aromatic heterocycles. The van der Waals surface area contributed by atoms with E-state index in [9.17, 15) is 4.79 Å². The minimum absolute atomic E-state index is 0.155. The summed E-state index contributed by atoms with van der Waals surface area (Å²) >= 11 is 1.33. The average molecular weight is 345 g/mol. The number of benzene rings is 1. The minimum Gasteiger partial charge on any atom is -0.411 e. The summed E-state index contributed by atoms with van der Waals surface area (Å²) in [6.45, 7) is 7.88. The zero-order chi connectivity index (χ0) is 17.1. The highest BCUT2D eigenvalue weighted by atomic mass is 32.2. The van der Waals surface area contributed by atoms with Gasteiger partial charge in [-0.2, -0.15) is 0 Å². The first-order valence-corrected chi connectivity index (χ1v) is 9.27. The third-order valence-electron chi connectivity index (χ3n) is 4.43. The van der Waals surface area contributed by atoms with Gasteiger partial charge in [0.1, 0.15) is 0 Å². The number of likely N-dealkylation sites (tertiary alicyclic amines) is 1. The van der Waals surface area contributed by atoms with Crippen molar-refractivity contribution in [3.63, 3.8) is 0 Å². The lowest BCUT2D eigenvalue weighted by molar-refractivity contribution is -0.131. The molecule has 1 aliphatic heterocycles. The van der Waals surface area contributed by atoms with Crippen LogP contribution < -0.4 is 0 Å². The van der Waals surface area contributed by atoms with Gasteiger partial charge in [0.2, 0.25) is 11.8 Å². The van der Waals surface area contributed by atoms with Crippen LogP contribution in [-0.2, 0) is 4.79 Å². The van der Waals surface area contributed by atoms with Crippen molar-refractivity contribution in [3.05, 3.63) is 29.8 Å². The van der Waals surface area contributed by atoms with Gasteiger partial charge in [0.05, 0.1) is 5.25 Å². The number of amides is 1. The molecule has 0 N–H and O–H groups in total. The van der Waals surface area contributed by atoms with Gasteiger partial charge >= 0.3 is 0 Å². The molecule has 6 heteroatoms. The lowest BCUT2D eigenvalue weighted by Gasteiger charge is -2.31. The van der Waals surface area contributed by atoms with E-state index < -0.39 is 0 Å². The van der Waals surface area contributed by atoms with Crippen LogP contribution >= 0.6 is 11.8 Å². The highest BCUT2D eigenvalue weighted by Gasteiger charge is 2.26. The van der Waals surface area contributed by atoms with Crippen molar-refractivity contribution in [2.45, 2.75) is 44.1 Å². The Morgan fingerprint density at radius 2 is 1.92 bits per heavy atom. The molecule has 5 nitrogen and oxygen atoms in total. The van der Waals surface area contributed by atoms with Crippen molar-refractivity contribution >= 4 is 17.7 Å². The lowest BCUT2D eigenvalue weighted by atomic mass is 9.99. The quantitative estimate of drug-likeness (QED) is 0.789. The molecule has 0 saturated carbocycles. The van der Waals surface area contributed by atoms with Crippen LogP contribution in [0.25, 0.3) is 11.5 Å². The van der Waals surface area contributed by atoms with E-state index in [1.54, 1.807) is 0 Å². The van der Waals surface area contributed by atoms with Gasteiger partial charge < -0.3 is 9.32 Å². The highest BCUT2D eigenvalue weighted by Crippen LogP contribution is 2.28. The van der Waals surface area contributed by atoms with Gasteiger partial charge in [0, 0.05) is 18.7 Å². The Bertz CT molecular complexity index is 691. The molecule has 24 heavy (non-hydrogen) atoms. The molecule has 3 rings (SSSR count). The number of rotatable bonds is 4. The number of piperidine rings is 1. The fourth-order valence-electron chi connectivity index (χ4n) is 2.76. The topological polar surface area (TPSA) is 59.2 Å². The molecule has 0 bridgehead atoms. The van der Waals surface area contributed by atoms with Gasteiger partial charge in [-0.1, -0.05) is 36.4 Å². The van der Waals surface area contributed by atoms with E-state index in [1.807, 2.05) is 43.0 Å². The van der Waals surface area contributed by atoms with Gasteiger partial charge in [-0.15, -0.1) is 10.2 Å². The average Bonchev–Trinajstić information content (AvgIpc) is 3.04. The zero-order valence-electron chi connectivity index (χ0n) is 14.4. The standard InChI is InChI=1S/C18H23N3O2S/c1-12-4-6-15(7-5-12)16-19-20-18(23-16)24-14(3)17(22)21-10-8-13(2)9-11-21/h4-7,13-14H,8-11H2,1-3H3/t14-/m1/s1. The predicted octanol–water partition coefficient (Wildman–Crippen LogP) is 3.78. The molecule has 1 atom stereocenters. The Kier molecular flexibility index (Phi) is 5.23. The number of aryl methyl sites for hydroxylation is 1. The maximum absolute atomic E-state index is 12.5. The van der Waals surface area contributed by atoms with Crippen molar-refractivity contribution in [3.8, 4) is 11.5 Å². The summed E-state index contributed by atoms with van der Waals surface area (Å²) < 4.78 is 5.70. The summed E-state index contributed by atoms with van der Waals surface area (Å²) in [6, 6.07) is 7.94. The summed E-state index contributed by atoms with van der Waals surface area (Å²) in [4.78, 5) is 14.5. The van der Waals surface area contributed by atoms with Crippen LogP contribution in [0, 0.1) is 12.8 Å². The number of hydrogen-bond donors (Lipinski definition) is 0. The van der Waals surface area contributed by atoms with E-state index >= 15 is 0 Å². The van der Waals surface area contributed by atoms with Crippen LogP contribution in [0.15, 0.2) is 33.9 Å². The minimum atomic E-state index is -0.218. The molecule has 2 heterocycles. The van der Waals surface area contributed by atoms with Crippen LogP contribution in [0.5, 0.6) is 0 Å². The van der Waals surface area contributed by atoms with Crippen molar-refractivity contribution in [1.82, 2.24) is 15.1 Å². The summed E-state index contributed by atoms with van der Waals surface area (Å²) in [5, 5.41) is 8.38. The SMILES string of the molecule is Cc1ccc(-c2nnc(S[C@H](C)C(=O)N3CCC(C)CC3)o2)cc1. The van der Waals surface area contributed by atoms with Gasteiger partial charge in [-0.25, -0.2) is 0 Å². The maximum atomic E-state index is 12.5. The number of thioether (sulfide) groups is 1. The third-order valence-corrected chi connectivity index (χ3v) is 5.35. The van der Waals surface area contributed by atoms with Crippen molar-refractivity contribution in [2.75, 3.05) is 13.1 Å². The van der Waals surface area contributed by atoms with Crippen molar-refractivity contribution < 1.29 is 9.21 Å². The Morgan fingerprint density at radius 3 is 2.58 bits per heavy atom. The lowest BCUT2D eigenvalue weighted by Crippen LogP contribution is -2.41. The second-order valence-electron chi connectivity index (χ2n) is 6.51. The van der Waals surface area contributed by atoms with E-state index in [2.05, 4.69) is 17.1 Å². The summed E-state index contributed by atoms with van der Waals surface area (Å²) in [5.74, 6) is 1.36. The van der Waals surface area contributed by atoms with E-state index in [-0.39, 0.29) is 11.2 Å². The molecular weight excluding hydrogens is 322 g/mol. The first kappa shape index (κ1) is 17.0. The first-order chi connectivity index (χ1) is 11.5. The van der Waals surface area contributed by atoms with Gasteiger partial charge in [-0.3, -0.25) is 4.79 Å². The molecule has 128 valence electrons. The van der Waals surface area contributed by atoms with E-state index in [1.165, 1.54) is 17.3 Å². The Hall–Kier alpha value is -1.82. The van der Waals surface area contributed by atoms with Crippen LogP contribution in [0.3, 0.4) is 0 Å². The number of carbonyl (C=O) groups excluding carboxylic acids is 1. The molecular formula is C18H23N3O2S. The first-order valence-electron chi connectivity index (χ1n) is 8.39. The molecule has 2 aromatic rings. The molecule has 1 aliphatic rings. The van der Waals surface area contributed by atoms with Gasteiger partial charge in [-0.05, 0) is 44.7 Å². The van der Waals surface area contributed by atoms with Crippen LogP contribution in [0.4, 0.5) is 0 Å². The molecule has 1 saturated heterocycles. The van der Waals surface area contributed by atoms with E-state index in [0.29, 0.717) is 17.0 Å². The van der Waals surface area contributed by atoms with Crippen molar-refractivity contribution in [2.24, 2.45) is 5.92 Å². The second-order valence-corrected chi connectivity index (χ2v) is 7.80. The monoisotopic (exact) mass is 345 g/mol. The number of aromatic nitrogens is 2. The zero-order valence-corrected chi connectivity index (χ0v) is 15.2. The number of hydrogen-bond acceptors (Lipinski definition) is 5. The molecule has 1 amide bonds. The molecule has 1 aromatic carbocycles. The largest absolute Gasteiger partial charge is 0.411 e. The summed E-state index contributed by atoms with van der Waals surface area (Å²) in [5.41, 5.74) is 2.08. The molecule has 1 fully saturated rings. The van der Waals surface area contributed by atoms with Gasteiger partial charge in [0.15, 0.2) is 0 Å². The van der Waals surface area contributed by atoms with Gasteiger partial charge in [0.25, 0.3) is 5.22 Å². The summed E-state index contributed by atoms with van der Waals surface area (Å²) in [7, 11) is 0. The number of nitrogens with zero attached hydrogens (tertiary/aromatic N) is 3. The number of carbonyl (C=O) groups is 1. The smallest absolute Gasteiger partial charge is 0.277 e. The Morgan fingerprint density at radius 1 is 1.25 bits per heavy atom. The Labute approximate surface area is 146 Å². The van der Waals surface area contributed by atoms with E-state index in [4.69, 9.17) is 4.42 Å². The fraction of sp³-hybridized carbons (Fsp3) is 0.500. The Balaban J connectivity index is 1.61. The van der Waals surface area contributed by atoms with E-state index in [0.717, 1.165) is 31.5 Å². The molecule has 0 unspecified atom stereocenters. The van der Waals surface area contributed by atoms with Crippen LogP contribution in [0.2, 0.25) is 0 Å². The fourth-order valence-corrected chi connectivity index (χ4v) is 3.53. The third kappa shape index (κ3) is 3.98. The van der Waals surface area contributed by atoms with Crippen LogP contribution in [-0.4, -0.2) is 39.3 Å². The second kappa shape index (κ2) is 7.38. The van der Waals surface area contributed by atoms with Crippen molar-refractivity contribution in [1.29, 1.82) is 0 Å². The highest BCUT2D eigenvalue weighted by molar-refractivity contribution is 8.00. The summed E-state index contributed by atoms with van der Waals surface area (Å²) in [6.07, 6.45) is 2.17. The molecule has 0 spiro atoms. The predicted molar refractivity (Wildman–Crippen MR) is 94.8 cm³/mol. The van der Waals surface area contributed by atoms with Crippen LogP contribution in [0.1, 0.15) is 32.3 Å². The maximum Gasteiger partial charge on any atom is 0.277 e. The molecule has 0 aliphatic carbocycles. The molecule has 0 radical (unpaired) electrons. The normalized spacial score (nSPS) is 17.0.